The van der Waals surface area contributed by atoms with Crippen molar-refractivity contribution >= 4 is 44.3 Å². The lowest BCUT2D eigenvalue weighted by Gasteiger charge is -2.35. The van der Waals surface area contributed by atoms with Gasteiger partial charge in [-0.3, -0.25) is 19.0 Å². The Hall–Kier alpha value is -3.34. The highest BCUT2D eigenvalue weighted by molar-refractivity contribution is 7.22. The second-order valence-corrected chi connectivity index (χ2v) is 9.98. The minimum Gasteiger partial charge on any atom is -0.348 e. The standard InChI is InChI=1S/C24H27FN6O3S/c25-17-6-2-3-7-18(17)27-19(32)14-31-15-26-21-20(23(31)34)35-24(28-21)30-12-8-16(9-13-30)22(33)29-10-4-1-5-11-29/h2-3,6-7,15-16H,1,4-5,8-14H2,(H,27,32). The van der Waals surface area contributed by atoms with Crippen molar-refractivity contribution in [1.29, 1.82) is 0 Å². The number of fused-ring (bicyclic) bond motifs is 1. The third-order valence-electron chi connectivity index (χ3n) is 6.62. The van der Waals surface area contributed by atoms with Crippen molar-refractivity contribution in [3.8, 4) is 0 Å². The van der Waals surface area contributed by atoms with E-state index in [-0.39, 0.29) is 29.6 Å². The van der Waals surface area contributed by atoms with Gasteiger partial charge in [0.1, 0.15) is 23.4 Å². The average Bonchev–Trinajstić information content (AvgIpc) is 3.33. The predicted molar refractivity (Wildman–Crippen MR) is 132 cm³/mol. The van der Waals surface area contributed by atoms with Crippen molar-refractivity contribution in [3.05, 3.63) is 46.8 Å². The number of carbonyl (C=O) groups excluding carboxylic acids is 2. The molecule has 184 valence electrons. The van der Waals surface area contributed by atoms with E-state index in [1.807, 2.05) is 4.90 Å². The average molecular weight is 499 g/mol. The predicted octanol–water partition coefficient (Wildman–Crippen LogP) is 2.86. The molecule has 35 heavy (non-hydrogen) atoms. The minimum atomic E-state index is -0.546. The van der Waals surface area contributed by atoms with E-state index in [9.17, 15) is 18.8 Å². The summed E-state index contributed by atoms with van der Waals surface area (Å²) in [7, 11) is 0. The van der Waals surface area contributed by atoms with Crippen molar-refractivity contribution in [2.24, 2.45) is 5.92 Å². The zero-order chi connectivity index (χ0) is 24.4. The first-order valence-electron chi connectivity index (χ1n) is 11.9. The van der Waals surface area contributed by atoms with Gasteiger partial charge in [0.15, 0.2) is 10.8 Å². The van der Waals surface area contributed by atoms with E-state index in [0.29, 0.717) is 28.6 Å². The van der Waals surface area contributed by atoms with Gasteiger partial charge in [-0.1, -0.05) is 23.5 Å². The molecule has 2 saturated heterocycles. The second-order valence-electron chi connectivity index (χ2n) is 9.00. The molecule has 2 aromatic heterocycles. The summed E-state index contributed by atoms with van der Waals surface area (Å²) < 4.78 is 15.4. The number of nitrogens with one attached hydrogen (secondary N) is 1. The number of thiazole rings is 1. The Morgan fingerprint density at radius 1 is 1.09 bits per heavy atom. The molecule has 3 aromatic rings. The summed E-state index contributed by atoms with van der Waals surface area (Å²) in [6, 6.07) is 5.85. The Kier molecular flexibility index (Phi) is 6.76. The molecule has 1 aromatic carbocycles. The highest BCUT2D eigenvalue weighted by Crippen LogP contribution is 2.30. The molecule has 2 aliphatic heterocycles. The number of rotatable bonds is 5. The number of para-hydroxylation sites is 1. The lowest BCUT2D eigenvalue weighted by atomic mass is 9.94. The van der Waals surface area contributed by atoms with Gasteiger partial charge in [-0.05, 0) is 44.2 Å². The number of carbonyl (C=O) groups is 2. The van der Waals surface area contributed by atoms with E-state index in [2.05, 4.69) is 20.2 Å². The number of likely N-dealkylation sites (tertiary alicyclic amines) is 1. The molecule has 0 radical (unpaired) electrons. The molecule has 4 heterocycles. The fourth-order valence-electron chi connectivity index (χ4n) is 4.68. The van der Waals surface area contributed by atoms with Gasteiger partial charge >= 0.3 is 0 Å². The second kappa shape index (κ2) is 10.1. The number of amides is 2. The summed E-state index contributed by atoms with van der Waals surface area (Å²) in [6.07, 6.45) is 6.19. The zero-order valence-electron chi connectivity index (χ0n) is 19.3. The molecular formula is C24H27FN6O3S. The molecule has 0 aliphatic carbocycles. The van der Waals surface area contributed by atoms with E-state index < -0.39 is 11.7 Å². The summed E-state index contributed by atoms with van der Waals surface area (Å²) >= 11 is 1.25. The SMILES string of the molecule is O=C(Cn1cnc2nc(N3CCC(C(=O)N4CCCCC4)CC3)sc2c1=O)Nc1ccccc1F. The number of anilines is 2. The lowest BCUT2D eigenvalue weighted by Crippen LogP contribution is -2.44. The molecule has 2 fully saturated rings. The first-order valence-corrected chi connectivity index (χ1v) is 12.8. The van der Waals surface area contributed by atoms with Gasteiger partial charge in [0, 0.05) is 32.1 Å². The highest BCUT2D eigenvalue weighted by Gasteiger charge is 2.30. The van der Waals surface area contributed by atoms with E-state index in [0.717, 1.165) is 38.8 Å². The summed E-state index contributed by atoms with van der Waals surface area (Å²) in [5.41, 5.74) is 0.0340. The van der Waals surface area contributed by atoms with Crippen LogP contribution in [0, 0.1) is 11.7 Å². The number of hydrogen-bond acceptors (Lipinski definition) is 7. The Morgan fingerprint density at radius 2 is 1.83 bits per heavy atom. The Labute approximate surface area is 205 Å². The van der Waals surface area contributed by atoms with Crippen LogP contribution in [0.4, 0.5) is 15.2 Å². The Bertz CT molecular complexity index is 1290. The van der Waals surface area contributed by atoms with Gasteiger partial charge < -0.3 is 15.1 Å². The molecule has 2 amide bonds. The van der Waals surface area contributed by atoms with Gasteiger partial charge in [-0.25, -0.2) is 9.37 Å². The van der Waals surface area contributed by atoms with Crippen LogP contribution in [0.1, 0.15) is 32.1 Å². The number of hydrogen-bond donors (Lipinski definition) is 1. The maximum absolute atomic E-state index is 13.8. The van der Waals surface area contributed by atoms with Gasteiger partial charge in [0.2, 0.25) is 11.8 Å². The number of piperidine rings is 2. The van der Waals surface area contributed by atoms with Crippen LogP contribution in [0.25, 0.3) is 10.3 Å². The van der Waals surface area contributed by atoms with Crippen molar-refractivity contribution < 1.29 is 14.0 Å². The molecular weight excluding hydrogens is 471 g/mol. The normalized spacial score (nSPS) is 17.1. The summed E-state index contributed by atoms with van der Waals surface area (Å²) in [5.74, 6) is -0.757. The molecule has 9 nitrogen and oxygen atoms in total. The smallest absolute Gasteiger partial charge is 0.273 e. The van der Waals surface area contributed by atoms with Crippen LogP contribution in [0.5, 0.6) is 0 Å². The van der Waals surface area contributed by atoms with Crippen molar-refractivity contribution in [3.63, 3.8) is 0 Å². The van der Waals surface area contributed by atoms with Crippen LogP contribution >= 0.6 is 11.3 Å². The quantitative estimate of drug-likeness (QED) is 0.581. The molecule has 0 bridgehead atoms. The van der Waals surface area contributed by atoms with Gasteiger partial charge in [-0.2, -0.15) is 4.98 Å². The zero-order valence-corrected chi connectivity index (χ0v) is 20.1. The summed E-state index contributed by atoms with van der Waals surface area (Å²) in [6.45, 7) is 2.85. The molecule has 0 unspecified atom stereocenters. The van der Waals surface area contributed by atoms with E-state index in [1.165, 1.54) is 46.9 Å². The molecule has 5 rings (SSSR count). The Balaban J connectivity index is 1.24. The molecule has 0 atom stereocenters. The van der Waals surface area contributed by atoms with Crippen molar-refractivity contribution in [2.45, 2.75) is 38.6 Å². The van der Waals surface area contributed by atoms with Crippen LogP contribution in [0.2, 0.25) is 0 Å². The minimum absolute atomic E-state index is 0.0436. The fraction of sp³-hybridized carbons (Fsp3) is 0.458. The van der Waals surface area contributed by atoms with Gasteiger partial charge in [0.05, 0.1) is 5.69 Å². The van der Waals surface area contributed by atoms with Crippen molar-refractivity contribution in [1.82, 2.24) is 19.4 Å². The monoisotopic (exact) mass is 498 g/mol. The maximum atomic E-state index is 13.8. The number of aromatic nitrogens is 3. The lowest BCUT2D eigenvalue weighted by molar-refractivity contribution is -0.137. The number of benzene rings is 1. The topological polar surface area (TPSA) is 100 Å². The molecule has 0 spiro atoms. The van der Waals surface area contributed by atoms with Gasteiger partial charge in [0.25, 0.3) is 5.56 Å². The molecule has 1 N–H and O–H groups in total. The highest BCUT2D eigenvalue weighted by atomic mass is 32.1. The largest absolute Gasteiger partial charge is 0.348 e. The van der Waals surface area contributed by atoms with E-state index in [4.69, 9.17) is 0 Å². The summed E-state index contributed by atoms with van der Waals surface area (Å²) in [5, 5.41) is 3.17. The van der Waals surface area contributed by atoms with Crippen LogP contribution < -0.4 is 15.8 Å². The first kappa shape index (κ1) is 23.4. The third kappa shape index (κ3) is 5.04. The molecule has 0 saturated carbocycles. The number of nitrogens with zero attached hydrogens (tertiary/aromatic N) is 5. The summed E-state index contributed by atoms with van der Waals surface area (Å²) in [4.78, 5) is 51.1. The van der Waals surface area contributed by atoms with Crippen molar-refractivity contribution in [2.75, 3.05) is 36.4 Å². The molecule has 11 heteroatoms. The Morgan fingerprint density at radius 3 is 2.57 bits per heavy atom. The van der Waals surface area contributed by atoms with Crippen LogP contribution in [-0.2, 0) is 16.1 Å². The molecule has 2 aliphatic rings. The maximum Gasteiger partial charge on any atom is 0.273 e. The van der Waals surface area contributed by atoms with E-state index >= 15 is 0 Å². The van der Waals surface area contributed by atoms with E-state index in [1.54, 1.807) is 6.07 Å². The number of halogens is 1. The first-order chi connectivity index (χ1) is 17.0. The third-order valence-corrected chi connectivity index (χ3v) is 7.71. The van der Waals surface area contributed by atoms with Crippen LogP contribution in [-0.4, -0.2) is 57.4 Å². The fourth-order valence-corrected chi connectivity index (χ4v) is 5.70. The van der Waals surface area contributed by atoms with Crippen LogP contribution in [0.15, 0.2) is 35.4 Å². The van der Waals surface area contributed by atoms with Gasteiger partial charge in [-0.15, -0.1) is 0 Å². The van der Waals surface area contributed by atoms with Crippen LogP contribution in [0.3, 0.4) is 0 Å².